The van der Waals surface area contributed by atoms with Crippen molar-refractivity contribution in [3.63, 3.8) is 0 Å². The third-order valence-electron chi connectivity index (χ3n) is 5.83. The van der Waals surface area contributed by atoms with E-state index < -0.39 is 6.04 Å². The predicted octanol–water partition coefficient (Wildman–Crippen LogP) is 3.57. The van der Waals surface area contributed by atoms with Gasteiger partial charge in [-0.15, -0.1) is 0 Å². The van der Waals surface area contributed by atoms with Gasteiger partial charge in [0.15, 0.2) is 0 Å². The number of nitrogens with one attached hydrogen (secondary N) is 1. The smallest absolute Gasteiger partial charge is 0.237 e. The lowest BCUT2D eigenvalue weighted by Gasteiger charge is -2.27. The fourth-order valence-corrected chi connectivity index (χ4v) is 4.27. The number of nitrogens with two attached hydrogens (primary N) is 1. The Bertz CT molecular complexity index is 522. The lowest BCUT2D eigenvalue weighted by atomic mass is 9.91. The largest absolute Gasteiger partial charge is 0.381 e. The van der Waals surface area contributed by atoms with Crippen LogP contribution in [0.5, 0.6) is 0 Å². The summed E-state index contributed by atoms with van der Waals surface area (Å²) in [6.45, 7) is 1.60. The maximum absolute atomic E-state index is 12.7. The molecule has 1 heterocycles. The molecule has 1 saturated carbocycles. The van der Waals surface area contributed by atoms with Crippen molar-refractivity contribution in [2.45, 2.75) is 63.5 Å². The maximum atomic E-state index is 12.7. The highest BCUT2D eigenvalue weighted by Crippen LogP contribution is 2.33. The second kappa shape index (κ2) is 9.35. The quantitative estimate of drug-likeness (QED) is 0.795. The highest BCUT2D eigenvalue weighted by Gasteiger charge is 2.26. The van der Waals surface area contributed by atoms with Gasteiger partial charge in [-0.2, -0.15) is 0 Å². The highest BCUT2D eigenvalue weighted by atomic mass is 16.5. The lowest BCUT2D eigenvalue weighted by molar-refractivity contribution is -0.123. The van der Waals surface area contributed by atoms with Crippen molar-refractivity contribution in [1.82, 2.24) is 5.32 Å². The first-order valence-electron chi connectivity index (χ1n) is 9.91. The standard InChI is InChI=1S/C21H32N2O2/c22-19(14-17-10-12-25-13-11-17)21(24)23-20(15-16-6-4-5-7-16)18-8-2-1-3-9-18/h1-3,8-9,16-17,19-20H,4-7,10-15,22H2,(H,23,24). The fourth-order valence-electron chi connectivity index (χ4n) is 4.27. The predicted molar refractivity (Wildman–Crippen MR) is 100 cm³/mol. The Morgan fingerprint density at radius 3 is 2.36 bits per heavy atom. The number of ether oxygens (including phenoxy) is 1. The molecule has 1 aromatic rings. The number of carbonyl (C=O) groups excluding carboxylic acids is 1. The summed E-state index contributed by atoms with van der Waals surface area (Å²) < 4.78 is 5.40. The molecule has 138 valence electrons. The minimum Gasteiger partial charge on any atom is -0.381 e. The summed E-state index contributed by atoms with van der Waals surface area (Å²) in [5.41, 5.74) is 7.43. The van der Waals surface area contributed by atoms with E-state index >= 15 is 0 Å². The molecule has 2 aliphatic rings. The molecule has 2 atom stereocenters. The zero-order chi connectivity index (χ0) is 17.5. The Morgan fingerprint density at radius 2 is 1.68 bits per heavy atom. The van der Waals surface area contributed by atoms with Gasteiger partial charge in [-0.3, -0.25) is 4.79 Å². The minimum absolute atomic E-state index is 0.00154. The van der Waals surface area contributed by atoms with Crippen molar-refractivity contribution in [2.24, 2.45) is 17.6 Å². The molecule has 1 amide bonds. The molecule has 3 rings (SSSR count). The van der Waals surface area contributed by atoms with E-state index in [1.165, 1.54) is 31.2 Å². The van der Waals surface area contributed by atoms with E-state index in [9.17, 15) is 4.79 Å². The molecule has 0 radical (unpaired) electrons. The maximum Gasteiger partial charge on any atom is 0.237 e. The van der Waals surface area contributed by atoms with Crippen LogP contribution < -0.4 is 11.1 Å². The molecular weight excluding hydrogens is 312 g/mol. The molecule has 2 unspecified atom stereocenters. The van der Waals surface area contributed by atoms with E-state index in [1.807, 2.05) is 18.2 Å². The molecular formula is C21H32N2O2. The SMILES string of the molecule is NC(CC1CCOCC1)C(=O)NC(CC1CCCC1)c1ccccc1. The number of hydrogen-bond donors (Lipinski definition) is 2. The van der Waals surface area contributed by atoms with Gasteiger partial charge in [0.2, 0.25) is 5.91 Å². The Kier molecular flexibility index (Phi) is 6.88. The van der Waals surface area contributed by atoms with Crippen LogP contribution in [0.1, 0.15) is 63.0 Å². The molecule has 25 heavy (non-hydrogen) atoms. The summed E-state index contributed by atoms with van der Waals surface area (Å²) >= 11 is 0. The van der Waals surface area contributed by atoms with Crippen LogP contribution in [0.3, 0.4) is 0 Å². The minimum atomic E-state index is -0.419. The van der Waals surface area contributed by atoms with Crippen LogP contribution in [0.25, 0.3) is 0 Å². The van der Waals surface area contributed by atoms with Gasteiger partial charge in [-0.05, 0) is 43.1 Å². The van der Waals surface area contributed by atoms with E-state index in [0.717, 1.165) is 44.8 Å². The average Bonchev–Trinajstić information content (AvgIpc) is 3.16. The van der Waals surface area contributed by atoms with Crippen molar-refractivity contribution < 1.29 is 9.53 Å². The van der Waals surface area contributed by atoms with Crippen molar-refractivity contribution in [3.05, 3.63) is 35.9 Å². The second-order valence-electron chi connectivity index (χ2n) is 7.76. The van der Waals surface area contributed by atoms with Crippen LogP contribution >= 0.6 is 0 Å². The van der Waals surface area contributed by atoms with Crippen molar-refractivity contribution >= 4 is 5.91 Å². The topological polar surface area (TPSA) is 64.3 Å². The Morgan fingerprint density at radius 1 is 1.04 bits per heavy atom. The van der Waals surface area contributed by atoms with Gasteiger partial charge in [0.25, 0.3) is 0 Å². The normalized spacial score (nSPS) is 21.8. The molecule has 4 heteroatoms. The van der Waals surface area contributed by atoms with Crippen LogP contribution in [0.15, 0.2) is 30.3 Å². The van der Waals surface area contributed by atoms with Crippen LogP contribution in [-0.4, -0.2) is 25.2 Å². The second-order valence-corrected chi connectivity index (χ2v) is 7.76. The first-order valence-corrected chi connectivity index (χ1v) is 9.91. The van der Waals surface area contributed by atoms with E-state index in [2.05, 4.69) is 17.4 Å². The Labute approximate surface area is 151 Å². The molecule has 0 aromatic heterocycles. The van der Waals surface area contributed by atoms with Crippen LogP contribution in [-0.2, 0) is 9.53 Å². The highest BCUT2D eigenvalue weighted by molar-refractivity contribution is 5.81. The van der Waals surface area contributed by atoms with Gasteiger partial charge in [-0.25, -0.2) is 0 Å². The van der Waals surface area contributed by atoms with E-state index in [0.29, 0.717) is 5.92 Å². The molecule has 4 nitrogen and oxygen atoms in total. The molecule has 0 bridgehead atoms. The zero-order valence-electron chi connectivity index (χ0n) is 15.2. The van der Waals surface area contributed by atoms with Gasteiger partial charge < -0.3 is 15.8 Å². The Hall–Kier alpha value is -1.39. The summed E-state index contributed by atoms with van der Waals surface area (Å²) in [5, 5.41) is 3.25. The lowest BCUT2D eigenvalue weighted by Crippen LogP contribution is -2.44. The van der Waals surface area contributed by atoms with Crippen LogP contribution in [0.4, 0.5) is 0 Å². The number of amides is 1. The van der Waals surface area contributed by atoms with Crippen molar-refractivity contribution in [1.29, 1.82) is 0 Å². The molecule has 1 saturated heterocycles. The first kappa shape index (κ1) is 18.4. The van der Waals surface area contributed by atoms with Gasteiger partial charge in [0, 0.05) is 13.2 Å². The summed E-state index contributed by atoms with van der Waals surface area (Å²) in [7, 11) is 0. The summed E-state index contributed by atoms with van der Waals surface area (Å²) in [4.78, 5) is 12.7. The van der Waals surface area contributed by atoms with Crippen molar-refractivity contribution in [2.75, 3.05) is 13.2 Å². The number of rotatable bonds is 7. The number of hydrogen-bond acceptors (Lipinski definition) is 3. The monoisotopic (exact) mass is 344 g/mol. The van der Waals surface area contributed by atoms with Gasteiger partial charge in [0.05, 0.1) is 12.1 Å². The first-order chi connectivity index (χ1) is 12.2. The molecule has 1 aliphatic heterocycles. The molecule has 1 aliphatic carbocycles. The van der Waals surface area contributed by atoms with E-state index in [4.69, 9.17) is 10.5 Å². The summed E-state index contributed by atoms with van der Waals surface area (Å²) in [5.74, 6) is 1.23. The molecule has 0 spiro atoms. The number of carbonyl (C=O) groups is 1. The van der Waals surface area contributed by atoms with E-state index in [1.54, 1.807) is 0 Å². The zero-order valence-corrected chi connectivity index (χ0v) is 15.2. The Balaban J connectivity index is 1.58. The van der Waals surface area contributed by atoms with Gasteiger partial charge in [0.1, 0.15) is 0 Å². The fraction of sp³-hybridized carbons (Fsp3) is 0.667. The molecule has 2 fully saturated rings. The van der Waals surface area contributed by atoms with Crippen LogP contribution in [0.2, 0.25) is 0 Å². The van der Waals surface area contributed by atoms with Crippen LogP contribution in [0, 0.1) is 11.8 Å². The third kappa shape index (κ3) is 5.55. The van der Waals surface area contributed by atoms with Crippen molar-refractivity contribution in [3.8, 4) is 0 Å². The average molecular weight is 344 g/mol. The van der Waals surface area contributed by atoms with Gasteiger partial charge in [-0.1, -0.05) is 56.0 Å². The summed E-state index contributed by atoms with van der Waals surface area (Å²) in [6.07, 6.45) is 9.05. The third-order valence-corrected chi connectivity index (χ3v) is 5.83. The molecule has 1 aromatic carbocycles. The van der Waals surface area contributed by atoms with Gasteiger partial charge >= 0.3 is 0 Å². The summed E-state index contributed by atoms with van der Waals surface area (Å²) in [6, 6.07) is 10.0. The molecule has 3 N–H and O–H groups in total. The number of benzene rings is 1. The van der Waals surface area contributed by atoms with E-state index in [-0.39, 0.29) is 11.9 Å².